The molecule has 1 N–H and O–H groups in total. The van der Waals surface area contributed by atoms with Crippen molar-refractivity contribution in [2.24, 2.45) is 0 Å². The monoisotopic (exact) mass is 298 g/mol. The summed E-state index contributed by atoms with van der Waals surface area (Å²) in [5, 5.41) is 10.1. The number of aromatic hydroxyl groups is 1. The normalized spacial score (nSPS) is 17.6. The summed E-state index contributed by atoms with van der Waals surface area (Å²) in [6, 6.07) is 4.36. The minimum absolute atomic E-state index is 0.0178. The molecule has 0 bridgehead atoms. The Hall–Kier alpha value is -0.970. The summed E-state index contributed by atoms with van der Waals surface area (Å²) in [5.74, 6) is 0.458. The van der Waals surface area contributed by atoms with Gasteiger partial charge in [0.05, 0.1) is 12.1 Å². The number of methoxy groups -OCH3 is 1. The maximum Gasteiger partial charge on any atom is 0.176 e. The zero-order valence-electron chi connectivity index (χ0n) is 12.4. The predicted molar refractivity (Wildman–Crippen MR) is 81.7 cm³/mol. The minimum atomic E-state index is 0.0178. The molecule has 1 aliphatic rings. The number of hydrogen-bond acceptors (Lipinski definition) is 4. The maximum absolute atomic E-state index is 9.75. The number of rotatable bonds is 4. The smallest absolute Gasteiger partial charge is 0.176 e. The van der Waals surface area contributed by atoms with Crippen molar-refractivity contribution in [3.05, 3.63) is 22.7 Å². The SMILES string of the molecule is COc1cc(CN2CCC(N(C)C)CC2)cc(Cl)c1O. The van der Waals surface area contributed by atoms with Crippen molar-refractivity contribution >= 4 is 11.6 Å². The number of halogens is 1. The molecule has 1 aromatic carbocycles. The average Bonchev–Trinajstić information content (AvgIpc) is 2.43. The lowest BCUT2D eigenvalue weighted by Gasteiger charge is -2.35. The van der Waals surface area contributed by atoms with Crippen LogP contribution in [0.15, 0.2) is 12.1 Å². The van der Waals surface area contributed by atoms with Crippen LogP contribution in [-0.4, -0.2) is 55.2 Å². The fraction of sp³-hybridized carbons (Fsp3) is 0.600. The van der Waals surface area contributed by atoms with Crippen LogP contribution in [-0.2, 0) is 6.54 Å². The Bertz CT molecular complexity index is 457. The second-order valence-electron chi connectivity index (χ2n) is 5.60. The first-order valence-electron chi connectivity index (χ1n) is 6.95. The van der Waals surface area contributed by atoms with Crippen molar-refractivity contribution in [1.82, 2.24) is 9.80 Å². The Kier molecular flexibility index (Phi) is 5.13. The van der Waals surface area contributed by atoms with Crippen molar-refractivity contribution < 1.29 is 9.84 Å². The van der Waals surface area contributed by atoms with E-state index in [9.17, 15) is 5.11 Å². The number of phenolic OH excluding ortho intramolecular Hbond substituents is 1. The molecule has 0 radical (unpaired) electrons. The quantitative estimate of drug-likeness (QED) is 0.927. The van der Waals surface area contributed by atoms with Gasteiger partial charge < -0.3 is 14.7 Å². The van der Waals surface area contributed by atoms with E-state index in [-0.39, 0.29) is 5.75 Å². The summed E-state index contributed by atoms with van der Waals surface area (Å²) in [5.41, 5.74) is 1.08. The van der Waals surface area contributed by atoms with Gasteiger partial charge >= 0.3 is 0 Å². The summed E-state index contributed by atoms with van der Waals surface area (Å²) in [6.45, 7) is 3.02. The van der Waals surface area contributed by atoms with E-state index in [1.165, 1.54) is 20.0 Å². The summed E-state index contributed by atoms with van der Waals surface area (Å²) in [7, 11) is 5.83. The molecule has 0 spiro atoms. The summed E-state index contributed by atoms with van der Waals surface area (Å²) < 4.78 is 5.14. The predicted octanol–water partition coefficient (Wildman–Crippen LogP) is 2.58. The Morgan fingerprint density at radius 2 is 2.00 bits per heavy atom. The van der Waals surface area contributed by atoms with Gasteiger partial charge in [0.25, 0.3) is 0 Å². The number of likely N-dealkylation sites (tertiary alicyclic amines) is 1. The Morgan fingerprint density at radius 3 is 2.55 bits per heavy atom. The van der Waals surface area contributed by atoms with Crippen molar-refractivity contribution in [1.29, 1.82) is 0 Å². The van der Waals surface area contributed by atoms with E-state index in [0.717, 1.165) is 25.2 Å². The number of phenols is 1. The zero-order valence-corrected chi connectivity index (χ0v) is 13.2. The molecule has 0 saturated carbocycles. The van der Waals surface area contributed by atoms with Gasteiger partial charge in [0.1, 0.15) is 0 Å². The van der Waals surface area contributed by atoms with E-state index in [1.807, 2.05) is 12.1 Å². The zero-order chi connectivity index (χ0) is 14.7. The molecule has 0 unspecified atom stereocenters. The van der Waals surface area contributed by atoms with Gasteiger partial charge in [-0.05, 0) is 57.7 Å². The van der Waals surface area contributed by atoms with E-state index in [0.29, 0.717) is 16.8 Å². The number of piperidine rings is 1. The van der Waals surface area contributed by atoms with Crippen LogP contribution in [0.1, 0.15) is 18.4 Å². The third-order valence-corrected chi connectivity index (χ3v) is 4.29. The van der Waals surface area contributed by atoms with Gasteiger partial charge in [-0.15, -0.1) is 0 Å². The lowest BCUT2D eigenvalue weighted by Crippen LogP contribution is -2.41. The van der Waals surface area contributed by atoms with E-state index in [2.05, 4.69) is 23.9 Å². The van der Waals surface area contributed by atoms with Crippen molar-refractivity contribution in [3.8, 4) is 11.5 Å². The van der Waals surface area contributed by atoms with E-state index in [1.54, 1.807) is 0 Å². The molecule has 2 rings (SSSR count). The maximum atomic E-state index is 9.75. The van der Waals surface area contributed by atoms with Gasteiger partial charge in [-0.1, -0.05) is 11.6 Å². The standard InChI is InChI=1S/C15H23ClN2O2/c1-17(2)12-4-6-18(7-5-12)10-11-8-13(16)15(19)14(9-11)20-3/h8-9,12,19H,4-7,10H2,1-3H3. The van der Waals surface area contributed by atoms with Crippen LogP contribution in [0.2, 0.25) is 5.02 Å². The van der Waals surface area contributed by atoms with Gasteiger partial charge in [-0.25, -0.2) is 0 Å². The Morgan fingerprint density at radius 1 is 1.35 bits per heavy atom. The molecule has 1 fully saturated rings. The molecule has 112 valence electrons. The highest BCUT2D eigenvalue weighted by Gasteiger charge is 2.21. The fourth-order valence-corrected chi connectivity index (χ4v) is 2.96. The van der Waals surface area contributed by atoms with Crippen LogP contribution < -0.4 is 4.74 Å². The van der Waals surface area contributed by atoms with Gasteiger partial charge in [0.15, 0.2) is 11.5 Å². The molecule has 0 aromatic heterocycles. The number of benzene rings is 1. The lowest BCUT2D eigenvalue weighted by atomic mass is 10.0. The molecule has 1 aliphatic heterocycles. The fourth-order valence-electron chi connectivity index (χ4n) is 2.73. The molecule has 1 heterocycles. The highest BCUT2D eigenvalue weighted by atomic mass is 35.5. The van der Waals surface area contributed by atoms with E-state index >= 15 is 0 Å². The molecule has 5 heteroatoms. The molecule has 0 atom stereocenters. The van der Waals surface area contributed by atoms with Crippen molar-refractivity contribution in [3.63, 3.8) is 0 Å². The average molecular weight is 299 g/mol. The Labute approximate surface area is 125 Å². The molecule has 20 heavy (non-hydrogen) atoms. The van der Waals surface area contributed by atoms with Crippen LogP contribution in [0.5, 0.6) is 11.5 Å². The van der Waals surface area contributed by atoms with Crippen LogP contribution in [0.4, 0.5) is 0 Å². The largest absolute Gasteiger partial charge is 0.503 e. The second-order valence-corrected chi connectivity index (χ2v) is 6.01. The van der Waals surface area contributed by atoms with Crippen LogP contribution in [0.3, 0.4) is 0 Å². The third-order valence-electron chi connectivity index (χ3n) is 4.00. The van der Waals surface area contributed by atoms with Gasteiger partial charge in [-0.2, -0.15) is 0 Å². The molecule has 0 amide bonds. The van der Waals surface area contributed by atoms with Gasteiger partial charge in [-0.3, -0.25) is 4.90 Å². The second kappa shape index (κ2) is 6.66. The van der Waals surface area contributed by atoms with Crippen LogP contribution in [0.25, 0.3) is 0 Å². The first-order chi connectivity index (χ1) is 9.51. The highest BCUT2D eigenvalue weighted by molar-refractivity contribution is 6.32. The van der Waals surface area contributed by atoms with Gasteiger partial charge in [0.2, 0.25) is 0 Å². The van der Waals surface area contributed by atoms with Gasteiger partial charge in [0, 0.05) is 12.6 Å². The molecule has 1 aromatic rings. The van der Waals surface area contributed by atoms with Crippen molar-refractivity contribution in [2.75, 3.05) is 34.3 Å². The van der Waals surface area contributed by atoms with Crippen LogP contribution in [0, 0.1) is 0 Å². The molecular formula is C15H23ClN2O2. The topological polar surface area (TPSA) is 35.9 Å². The first kappa shape index (κ1) is 15.4. The molecular weight excluding hydrogens is 276 g/mol. The summed E-state index contributed by atoms with van der Waals surface area (Å²) in [4.78, 5) is 4.72. The molecule has 4 nitrogen and oxygen atoms in total. The Balaban J connectivity index is 1.99. The molecule has 1 saturated heterocycles. The van der Waals surface area contributed by atoms with Crippen LogP contribution >= 0.6 is 11.6 Å². The first-order valence-corrected chi connectivity index (χ1v) is 7.33. The van der Waals surface area contributed by atoms with E-state index in [4.69, 9.17) is 16.3 Å². The van der Waals surface area contributed by atoms with E-state index < -0.39 is 0 Å². The number of ether oxygens (including phenoxy) is 1. The summed E-state index contributed by atoms with van der Waals surface area (Å²) in [6.07, 6.45) is 2.38. The minimum Gasteiger partial charge on any atom is -0.503 e. The highest BCUT2D eigenvalue weighted by Crippen LogP contribution is 2.35. The lowest BCUT2D eigenvalue weighted by molar-refractivity contribution is 0.140. The summed E-state index contributed by atoms with van der Waals surface area (Å²) >= 11 is 6.02. The number of hydrogen-bond donors (Lipinski definition) is 1. The number of nitrogens with zero attached hydrogens (tertiary/aromatic N) is 2. The third kappa shape index (κ3) is 3.57. The molecule has 0 aliphatic carbocycles. The van der Waals surface area contributed by atoms with Crippen molar-refractivity contribution in [2.45, 2.75) is 25.4 Å².